The van der Waals surface area contributed by atoms with E-state index >= 15 is 0 Å². The molecular weight excluding hydrogens is 336 g/mol. The highest BCUT2D eigenvalue weighted by Gasteiger charge is 2.28. The van der Waals surface area contributed by atoms with Crippen molar-refractivity contribution in [1.29, 1.82) is 0 Å². The van der Waals surface area contributed by atoms with E-state index in [1.165, 1.54) is 5.56 Å². The molecule has 0 spiro atoms. The van der Waals surface area contributed by atoms with Gasteiger partial charge in [0.25, 0.3) is 5.91 Å². The highest BCUT2D eigenvalue weighted by atomic mass is 16.2. The fraction of sp³-hybridized carbons (Fsp3) is 0.227. The summed E-state index contributed by atoms with van der Waals surface area (Å²) in [6, 6.07) is 18.5. The van der Waals surface area contributed by atoms with Crippen LogP contribution in [-0.2, 0) is 13.0 Å². The summed E-state index contributed by atoms with van der Waals surface area (Å²) in [6.07, 6.45) is 4.22. The summed E-state index contributed by atoms with van der Waals surface area (Å²) < 4.78 is 0. The zero-order valence-electron chi connectivity index (χ0n) is 15.5. The second kappa shape index (κ2) is 7.19. The summed E-state index contributed by atoms with van der Waals surface area (Å²) in [5.74, 6) is 0.551. The number of carbonyl (C=O) groups excluding carboxylic acids is 1. The van der Waals surface area contributed by atoms with Gasteiger partial charge in [0.15, 0.2) is 0 Å². The highest BCUT2D eigenvalue weighted by Crippen LogP contribution is 2.36. The molecular formula is C22H22N4O. The van der Waals surface area contributed by atoms with Crippen LogP contribution in [0.25, 0.3) is 0 Å². The third-order valence-corrected chi connectivity index (χ3v) is 4.92. The van der Waals surface area contributed by atoms with E-state index in [4.69, 9.17) is 0 Å². The van der Waals surface area contributed by atoms with Crippen LogP contribution in [0.2, 0.25) is 0 Å². The van der Waals surface area contributed by atoms with E-state index in [2.05, 4.69) is 40.0 Å². The standard InChI is InChI=1S/C22H22N4O/c1-16-12-18-10-6-7-11-20(18)26(16)22-23-13-19(14-24-22)21(27)25(2)15-17-8-4-3-5-9-17/h3-11,13-14,16H,12,15H2,1-2H3. The number of hydrogen-bond donors (Lipinski definition) is 0. The van der Waals surface area contributed by atoms with Crippen molar-refractivity contribution >= 4 is 17.5 Å². The highest BCUT2D eigenvalue weighted by molar-refractivity contribution is 5.93. The number of para-hydroxylation sites is 1. The van der Waals surface area contributed by atoms with Crippen LogP contribution < -0.4 is 4.90 Å². The molecule has 0 N–H and O–H groups in total. The second-order valence-electron chi connectivity index (χ2n) is 6.97. The molecule has 1 amide bonds. The summed E-state index contributed by atoms with van der Waals surface area (Å²) >= 11 is 0. The van der Waals surface area contributed by atoms with Gasteiger partial charge in [0.2, 0.25) is 5.95 Å². The van der Waals surface area contributed by atoms with Gasteiger partial charge in [-0.25, -0.2) is 9.97 Å². The maximum atomic E-state index is 12.7. The summed E-state index contributed by atoms with van der Waals surface area (Å²) in [7, 11) is 1.79. The molecule has 27 heavy (non-hydrogen) atoms. The minimum atomic E-state index is -0.0831. The molecule has 1 atom stereocenters. The van der Waals surface area contributed by atoms with Gasteiger partial charge in [-0.1, -0.05) is 48.5 Å². The van der Waals surface area contributed by atoms with Crippen LogP contribution in [0.15, 0.2) is 67.0 Å². The lowest BCUT2D eigenvalue weighted by Gasteiger charge is -2.23. The average molecular weight is 358 g/mol. The number of anilines is 2. The molecule has 136 valence electrons. The van der Waals surface area contributed by atoms with Crippen LogP contribution in [0.3, 0.4) is 0 Å². The Kier molecular flexibility index (Phi) is 4.59. The molecule has 0 aliphatic carbocycles. The van der Waals surface area contributed by atoms with E-state index in [9.17, 15) is 4.79 Å². The fourth-order valence-corrected chi connectivity index (χ4v) is 3.58. The maximum Gasteiger partial charge on any atom is 0.257 e. The first kappa shape index (κ1) is 17.2. The first-order valence-corrected chi connectivity index (χ1v) is 9.12. The van der Waals surface area contributed by atoms with E-state index in [1.807, 2.05) is 36.4 Å². The van der Waals surface area contributed by atoms with Crippen LogP contribution in [0.1, 0.15) is 28.4 Å². The van der Waals surface area contributed by atoms with Crippen molar-refractivity contribution in [2.75, 3.05) is 11.9 Å². The first-order valence-electron chi connectivity index (χ1n) is 9.12. The quantitative estimate of drug-likeness (QED) is 0.711. The predicted molar refractivity (Wildman–Crippen MR) is 106 cm³/mol. The van der Waals surface area contributed by atoms with Gasteiger partial charge in [0, 0.05) is 37.7 Å². The summed E-state index contributed by atoms with van der Waals surface area (Å²) in [5.41, 5.74) is 4.03. The molecule has 3 aromatic rings. The van der Waals surface area contributed by atoms with E-state index in [-0.39, 0.29) is 5.91 Å². The Labute approximate surface area is 159 Å². The van der Waals surface area contributed by atoms with Crippen molar-refractivity contribution in [2.24, 2.45) is 0 Å². The number of aromatic nitrogens is 2. The number of amides is 1. The Hall–Kier alpha value is -3.21. The third-order valence-electron chi connectivity index (χ3n) is 4.92. The van der Waals surface area contributed by atoms with Gasteiger partial charge < -0.3 is 9.80 Å². The second-order valence-corrected chi connectivity index (χ2v) is 6.97. The average Bonchev–Trinajstić information content (AvgIpc) is 3.04. The van der Waals surface area contributed by atoms with Crippen LogP contribution in [-0.4, -0.2) is 33.9 Å². The van der Waals surface area contributed by atoms with Crippen molar-refractivity contribution < 1.29 is 4.79 Å². The van der Waals surface area contributed by atoms with Crippen molar-refractivity contribution in [1.82, 2.24) is 14.9 Å². The van der Waals surface area contributed by atoms with Gasteiger partial charge in [-0.2, -0.15) is 0 Å². The number of benzene rings is 2. The Morgan fingerprint density at radius 1 is 1.07 bits per heavy atom. The maximum absolute atomic E-state index is 12.7. The third kappa shape index (κ3) is 3.40. The zero-order valence-corrected chi connectivity index (χ0v) is 15.5. The molecule has 5 nitrogen and oxygen atoms in total. The van der Waals surface area contributed by atoms with Gasteiger partial charge in [-0.05, 0) is 30.5 Å². The molecule has 0 radical (unpaired) electrons. The van der Waals surface area contributed by atoms with Gasteiger partial charge in [0.1, 0.15) is 0 Å². The lowest BCUT2D eigenvalue weighted by Crippen LogP contribution is -2.28. The number of carbonyl (C=O) groups is 1. The molecule has 4 rings (SSSR count). The van der Waals surface area contributed by atoms with Crippen molar-refractivity contribution in [3.63, 3.8) is 0 Å². The van der Waals surface area contributed by atoms with Crippen molar-refractivity contribution in [3.8, 4) is 0 Å². The summed E-state index contributed by atoms with van der Waals surface area (Å²) in [5, 5.41) is 0. The van der Waals surface area contributed by atoms with Crippen LogP contribution in [0, 0.1) is 0 Å². The molecule has 2 heterocycles. The SMILES string of the molecule is CC1Cc2ccccc2N1c1ncc(C(=O)N(C)Cc2ccccc2)cn1. The smallest absolute Gasteiger partial charge is 0.257 e. The molecule has 0 bridgehead atoms. The molecule has 0 saturated carbocycles. The number of nitrogens with zero attached hydrogens (tertiary/aromatic N) is 4. The van der Waals surface area contributed by atoms with Crippen LogP contribution in [0.4, 0.5) is 11.6 Å². The molecule has 0 fully saturated rings. The Morgan fingerprint density at radius 2 is 1.74 bits per heavy atom. The molecule has 1 aromatic heterocycles. The van der Waals surface area contributed by atoms with E-state index < -0.39 is 0 Å². The molecule has 5 heteroatoms. The Balaban J connectivity index is 1.51. The minimum Gasteiger partial charge on any atom is -0.337 e. The number of fused-ring (bicyclic) bond motifs is 1. The predicted octanol–water partition coefficient (Wildman–Crippen LogP) is 3.83. The monoisotopic (exact) mass is 358 g/mol. The van der Waals surface area contributed by atoms with Gasteiger partial charge >= 0.3 is 0 Å². The molecule has 0 saturated heterocycles. The van der Waals surface area contributed by atoms with E-state index in [0.29, 0.717) is 24.1 Å². The van der Waals surface area contributed by atoms with E-state index in [1.54, 1.807) is 24.3 Å². The van der Waals surface area contributed by atoms with Crippen LogP contribution in [0.5, 0.6) is 0 Å². The van der Waals surface area contributed by atoms with E-state index in [0.717, 1.165) is 17.7 Å². The fourth-order valence-electron chi connectivity index (χ4n) is 3.58. The van der Waals surface area contributed by atoms with Gasteiger partial charge in [-0.15, -0.1) is 0 Å². The molecule has 1 aliphatic heterocycles. The van der Waals surface area contributed by atoms with Gasteiger partial charge in [-0.3, -0.25) is 4.79 Å². The summed E-state index contributed by atoms with van der Waals surface area (Å²) in [6.45, 7) is 2.72. The number of hydrogen-bond acceptors (Lipinski definition) is 4. The Bertz CT molecular complexity index is 940. The lowest BCUT2D eigenvalue weighted by molar-refractivity contribution is 0.0784. The molecule has 2 aromatic carbocycles. The summed E-state index contributed by atoms with van der Waals surface area (Å²) in [4.78, 5) is 25.5. The zero-order chi connectivity index (χ0) is 18.8. The molecule has 1 aliphatic rings. The van der Waals surface area contributed by atoms with Crippen molar-refractivity contribution in [2.45, 2.75) is 25.9 Å². The Morgan fingerprint density at radius 3 is 2.48 bits per heavy atom. The number of rotatable bonds is 4. The lowest BCUT2D eigenvalue weighted by atomic mass is 10.1. The topological polar surface area (TPSA) is 49.3 Å². The minimum absolute atomic E-state index is 0.0831. The normalized spacial score (nSPS) is 15.5. The van der Waals surface area contributed by atoms with Gasteiger partial charge in [0.05, 0.1) is 5.56 Å². The van der Waals surface area contributed by atoms with Crippen molar-refractivity contribution in [3.05, 3.63) is 83.7 Å². The first-order chi connectivity index (χ1) is 13.1. The molecule has 1 unspecified atom stereocenters. The van der Waals surface area contributed by atoms with Crippen LogP contribution >= 0.6 is 0 Å². The largest absolute Gasteiger partial charge is 0.337 e.